The molecule has 1 saturated heterocycles. The Labute approximate surface area is 101 Å². The van der Waals surface area contributed by atoms with E-state index in [2.05, 4.69) is 9.97 Å². The molecular weight excluding hydrogens is 240 g/mol. The van der Waals surface area contributed by atoms with E-state index in [-0.39, 0.29) is 11.5 Å². The van der Waals surface area contributed by atoms with Crippen molar-refractivity contribution in [3.8, 4) is 0 Å². The predicted molar refractivity (Wildman–Crippen MR) is 66.7 cm³/mol. The fourth-order valence-electron chi connectivity index (χ4n) is 1.90. The Morgan fingerprint density at radius 1 is 1.29 bits per heavy atom. The topological polar surface area (TPSA) is 89.2 Å². The van der Waals surface area contributed by atoms with Gasteiger partial charge in [-0.1, -0.05) is 0 Å². The smallest absolute Gasteiger partial charge is 0.152 e. The molecule has 1 aliphatic heterocycles. The summed E-state index contributed by atoms with van der Waals surface area (Å²) in [5.41, 5.74) is 5.66. The SMILES string of the molecule is Cc1nc(N)cc(N2CCCS(=O)(=O)CC2)n1. The minimum Gasteiger partial charge on any atom is -0.384 e. The summed E-state index contributed by atoms with van der Waals surface area (Å²) in [5.74, 6) is 2.16. The Morgan fingerprint density at radius 2 is 2.06 bits per heavy atom. The zero-order valence-corrected chi connectivity index (χ0v) is 10.6. The molecule has 0 amide bonds. The zero-order valence-electron chi connectivity index (χ0n) is 9.76. The van der Waals surface area contributed by atoms with E-state index in [1.165, 1.54) is 0 Å². The fraction of sp³-hybridized carbons (Fsp3) is 0.600. The highest BCUT2D eigenvalue weighted by Gasteiger charge is 2.20. The summed E-state index contributed by atoms with van der Waals surface area (Å²) in [7, 11) is -2.90. The maximum Gasteiger partial charge on any atom is 0.152 e. The molecule has 6 nitrogen and oxygen atoms in total. The van der Waals surface area contributed by atoms with Crippen LogP contribution in [0.1, 0.15) is 12.2 Å². The molecule has 1 fully saturated rings. The van der Waals surface area contributed by atoms with Gasteiger partial charge >= 0.3 is 0 Å². The monoisotopic (exact) mass is 256 g/mol. The van der Waals surface area contributed by atoms with Gasteiger partial charge in [0.25, 0.3) is 0 Å². The first kappa shape index (κ1) is 12.1. The van der Waals surface area contributed by atoms with Gasteiger partial charge in [0.05, 0.1) is 11.5 Å². The molecular formula is C10H16N4O2S. The van der Waals surface area contributed by atoms with Crippen LogP contribution in [0.4, 0.5) is 11.6 Å². The Balaban J connectivity index is 2.22. The van der Waals surface area contributed by atoms with Crippen LogP contribution in [0.3, 0.4) is 0 Å². The maximum atomic E-state index is 11.5. The van der Waals surface area contributed by atoms with E-state index in [0.717, 1.165) is 0 Å². The molecule has 0 unspecified atom stereocenters. The van der Waals surface area contributed by atoms with E-state index in [9.17, 15) is 8.42 Å². The van der Waals surface area contributed by atoms with Crippen molar-refractivity contribution in [2.24, 2.45) is 0 Å². The third kappa shape index (κ3) is 3.06. The Kier molecular flexibility index (Phi) is 3.19. The van der Waals surface area contributed by atoms with Crippen molar-refractivity contribution in [2.45, 2.75) is 13.3 Å². The van der Waals surface area contributed by atoms with Crippen LogP contribution in [0.2, 0.25) is 0 Å². The van der Waals surface area contributed by atoms with Crippen molar-refractivity contribution < 1.29 is 8.42 Å². The standard InChI is InChI=1S/C10H16N4O2S/c1-8-12-9(11)7-10(13-8)14-3-2-5-17(15,16)6-4-14/h7H,2-6H2,1H3,(H2,11,12,13). The van der Waals surface area contributed by atoms with Gasteiger partial charge in [-0.25, -0.2) is 18.4 Å². The number of aromatic nitrogens is 2. The van der Waals surface area contributed by atoms with Gasteiger partial charge in [-0.3, -0.25) is 0 Å². The second kappa shape index (κ2) is 4.48. The number of hydrogen-bond acceptors (Lipinski definition) is 6. The first-order valence-electron chi connectivity index (χ1n) is 5.53. The van der Waals surface area contributed by atoms with Crippen molar-refractivity contribution in [1.82, 2.24) is 9.97 Å². The summed E-state index contributed by atoms with van der Waals surface area (Å²) < 4.78 is 23.0. The maximum absolute atomic E-state index is 11.5. The predicted octanol–water partition coefficient (Wildman–Crippen LogP) is -0.00788. The lowest BCUT2D eigenvalue weighted by atomic mass is 10.4. The van der Waals surface area contributed by atoms with Gasteiger partial charge in [-0.2, -0.15) is 0 Å². The summed E-state index contributed by atoms with van der Waals surface area (Å²) >= 11 is 0. The zero-order chi connectivity index (χ0) is 12.5. The highest BCUT2D eigenvalue weighted by molar-refractivity contribution is 7.91. The molecule has 0 atom stereocenters. The molecule has 0 saturated carbocycles. The van der Waals surface area contributed by atoms with E-state index >= 15 is 0 Å². The second-order valence-corrected chi connectivity index (χ2v) is 6.49. The van der Waals surface area contributed by atoms with Crippen LogP contribution in [0.5, 0.6) is 0 Å². The molecule has 7 heteroatoms. The molecule has 0 aromatic carbocycles. The number of nitrogen functional groups attached to an aromatic ring is 1. The molecule has 0 bridgehead atoms. The van der Waals surface area contributed by atoms with Crippen LogP contribution in [0.15, 0.2) is 6.07 Å². The van der Waals surface area contributed by atoms with Crippen molar-refractivity contribution in [3.05, 3.63) is 11.9 Å². The molecule has 2 N–H and O–H groups in total. The van der Waals surface area contributed by atoms with Crippen LogP contribution in [-0.2, 0) is 9.84 Å². The van der Waals surface area contributed by atoms with Crippen molar-refractivity contribution in [1.29, 1.82) is 0 Å². The van der Waals surface area contributed by atoms with Crippen LogP contribution in [0, 0.1) is 6.92 Å². The average Bonchev–Trinajstić information content (AvgIpc) is 2.38. The summed E-state index contributed by atoms with van der Waals surface area (Å²) in [6.45, 7) is 2.93. The first-order valence-corrected chi connectivity index (χ1v) is 7.35. The van der Waals surface area contributed by atoms with Gasteiger partial charge < -0.3 is 10.6 Å². The van der Waals surface area contributed by atoms with Gasteiger partial charge in [0.1, 0.15) is 17.5 Å². The van der Waals surface area contributed by atoms with Crippen LogP contribution in [-0.4, -0.2) is 43.0 Å². The number of anilines is 2. The lowest BCUT2D eigenvalue weighted by Gasteiger charge is -2.21. The van der Waals surface area contributed by atoms with Gasteiger partial charge in [0.15, 0.2) is 9.84 Å². The van der Waals surface area contributed by atoms with Crippen LogP contribution < -0.4 is 10.6 Å². The highest BCUT2D eigenvalue weighted by Crippen LogP contribution is 2.16. The van der Waals surface area contributed by atoms with Gasteiger partial charge in [-0.15, -0.1) is 0 Å². The van der Waals surface area contributed by atoms with E-state index in [0.29, 0.717) is 37.0 Å². The van der Waals surface area contributed by atoms with E-state index < -0.39 is 9.84 Å². The Morgan fingerprint density at radius 3 is 2.76 bits per heavy atom. The van der Waals surface area contributed by atoms with E-state index in [1.807, 2.05) is 4.90 Å². The molecule has 17 heavy (non-hydrogen) atoms. The quantitative estimate of drug-likeness (QED) is 0.760. The van der Waals surface area contributed by atoms with Crippen molar-refractivity contribution >= 4 is 21.5 Å². The minimum absolute atomic E-state index is 0.177. The number of rotatable bonds is 1. The number of nitrogens with zero attached hydrogens (tertiary/aromatic N) is 3. The Bertz CT molecular complexity index is 495. The van der Waals surface area contributed by atoms with Gasteiger partial charge in [0.2, 0.25) is 0 Å². The number of nitrogens with two attached hydrogens (primary N) is 1. The number of hydrogen-bond donors (Lipinski definition) is 1. The van der Waals surface area contributed by atoms with Gasteiger partial charge in [0, 0.05) is 19.2 Å². The van der Waals surface area contributed by atoms with Crippen LogP contribution in [0.25, 0.3) is 0 Å². The first-order chi connectivity index (χ1) is 7.96. The highest BCUT2D eigenvalue weighted by atomic mass is 32.2. The minimum atomic E-state index is -2.90. The van der Waals surface area contributed by atoms with E-state index in [4.69, 9.17) is 5.73 Å². The van der Waals surface area contributed by atoms with Crippen molar-refractivity contribution in [2.75, 3.05) is 35.2 Å². The van der Waals surface area contributed by atoms with Crippen molar-refractivity contribution in [3.63, 3.8) is 0 Å². The lowest BCUT2D eigenvalue weighted by Crippen LogP contribution is -2.28. The summed E-state index contributed by atoms with van der Waals surface area (Å²) in [5, 5.41) is 0. The largest absolute Gasteiger partial charge is 0.384 e. The molecule has 1 aromatic rings. The molecule has 2 rings (SSSR count). The fourth-order valence-corrected chi connectivity index (χ4v) is 3.18. The molecule has 2 heterocycles. The third-order valence-electron chi connectivity index (χ3n) is 2.72. The molecule has 0 radical (unpaired) electrons. The van der Waals surface area contributed by atoms with E-state index in [1.54, 1.807) is 13.0 Å². The summed E-state index contributed by atoms with van der Waals surface area (Å²) in [4.78, 5) is 10.2. The molecule has 0 aliphatic carbocycles. The molecule has 0 spiro atoms. The summed E-state index contributed by atoms with van der Waals surface area (Å²) in [6, 6.07) is 1.69. The second-order valence-electron chi connectivity index (χ2n) is 4.19. The number of aryl methyl sites for hydroxylation is 1. The number of sulfone groups is 1. The average molecular weight is 256 g/mol. The van der Waals surface area contributed by atoms with Crippen LogP contribution >= 0.6 is 0 Å². The molecule has 1 aromatic heterocycles. The third-order valence-corrected chi connectivity index (χ3v) is 4.44. The normalized spacial score (nSPS) is 19.9. The lowest BCUT2D eigenvalue weighted by molar-refractivity contribution is 0.597. The van der Waals surface area contributed by atoms with Gasteiger partial charge in [-0.05, 0) is 13.3 Å². The Hall–Kier alpha value is -1.37. The summed E-state index contributed by atoms with van der Waals surface area (Å²) in [6.07, 6.45) is 0.630. The molecule has 1 aliphatic rings. The molecule has 94 valence electrons.